The van der Waals surface area contributed by atoms with Gasteiger partial charge in [0.15, 0.2) is 0 Å². The third-order valence-corrected chi connectivity index (χ3v) is 5.61. The van der Waals surface area contributed by atoms with Crippen molar-refractivity contribution >= 4 is 5.91 Å². The molecule has 1 amide bonds. The number of methoxy groups -OCH3 is 1. The molecule has 1 fully saturated rings. The number of carbonyl (C=O) groups excluding carboxylic acids is 1. The quantitative estimate of drug-likeness (QED) is 0.611. The normalized spacial score (nSPS) is 16.3. The van der Waals surface area contributed by atoms with Crippen molar-refractivity contribution in [2.45, 2.75) is 25.2 Å². The number of ether oxygens (including phenoxy) is 1. The molecule has 4 nitrogen and oxygen atoms in total. The molecule has 4 rings (SSSR count). The standard InChI is InChI=1S/C25H25FN2O2/c1-30-24-10-3-2-7-21(24)23-9-4-8-22(27-23)19-6-5-15-28(17-19)25(29)16-18-11-13-20(26)14-12-18/h2-4,7-14,19H,5-6,15-17H2,1H3/t19-/m1/s1. The van der Waals surface area contributed by atoms with Gasteiger partial charge in [0.05, 0.1) is 19.2 Å². The summed E-state index contributed by atoms with van der Waals surface area (Å²) in [6.07, 6.45) is 2.24. The predicted octanol–water partition coefficient (Wildman–Crippen LogP) is 4.85. The number of nitrogens with zero attached hydrogens (tertiary/aromatic N) is 2. The van der Waals surface area contributed by atoms with Crippen molar-refractivity contribution in [3.05, 3.63) is 83.8 Å². The minimum atomic E-state index is -0.287. The smallest absolute Gasteiger partial charge is 0.227 e. The van der Waals surface area contributed by atoms with Gasteiger partial charge in [0, 0.05) is 30.3 Å². The number of para-hydroxylation sites is 1. The summed E-state index contributed by atoms with van der Waals surface area (Å²) in [6, 6.07) is 20.0. The first-order chi connectivity index (χ1) is 14.6. The van der Waals surface area contributed by atoms with Crippen LogP contribution in [-0.2, 0) is 11.2 Å². The minimum absolute atomic E-state index is 0.0761. The van der Waals surface area contributed by atoms with E-state index >= 15 is 0 Å². The second-order valence-corrected chi connectivity index (χ2v) is 7.63. The minimum Gasteiger partial charge on any atom is -0.496 e. The van der Waals surface area contributed by atoms with Crippen LogP contribution in [0.15, 0.2) is 66.7 Å². The highest BCUT2D eigenvalue weighted by Crippen LogP contribution is 2.31. The van der Waals surface area contributed by atoms with Crippen LogP contribution in [0.4, 0.5) is 4.39 Å². The van der Waals surface area contributed by atoms with Crippen LogP contribution >= 0.6 is 0 Å². The number of hydrogen-bond acceptors (Lipinski definition) is 3. The number of benzene rings is 2. The number of rotatable bonds is 5. The van der Waals surface area contributed by atoms with Gasteiger partial charge in [-0.25, -0.2) is 4.39 Å². The summed E-state index contributed by atoms with van der Waals surface area (Å²) >= 11 is 0. The molecule has 1 aliphatic rings. The van der Waals surface area contributed by atoms with Gasteiger partial charge in [-0.1, -0.05) is 30.3 Å². The zero-order valence-electron chi connectivity index (χ0n) is 17.1. The van der Waals surface area contributed by atoms with E-state index in [9.17, 15) is 9.18 Å². The SMILES string of the molecule is COc1ccccc1-c1cccc([C@@H]2CCCN(C(=O)Cc3ccc(F)cc3)C2)n1. The van der Waals surface area contributed by atoms with E-state index in [1.54, 1.807) is 19.2 Å². The molecule has 0 N–H and O–H groups in total. The molecule has 1 aliphatic heterocycles. The highest BCUT2D eigenvalue weighted by molar-refractivity contribution is 5.79. The monoisotopic (exact) mass is 404 g/mol. The number of pyridine rings is 1. The first-order valence-corrected chi connectivity index (χ1v) is 10.3. The Balaban J connectivity index is 1.49. The van der Waals surface area contributed by atoms with Gasteiger partial charge in [-0.3, -0.25) is 9.78 Å². The van der Waals surface area contributed by atoms with E-state index < -0.39 is 0 Å². The Morgan fingerprint density at radius 1 is 1.10 bits per heavy atom. The number of piperidine rings is 1. The van der Waals surface area contributed by atoms with Crippen LogP contribution in [0.25, 0.3) is 11.3 Å². The topological polar surface area (TPSA) is 42.4 Å². The fourth-order valence-electron chi connectivity index (χ4n) is 4.02. The highest BCUT2D eigenvalue weighted by atomic mass is 19.1. The largest absolute Gasteiger partial charge is 0.496 e. The average molecular weight is 404 g/mol. The molecule has 2 heterocycles. The van der Waals surface area contributed by atoms with Gasteiger partial charge in [0.1, 0.15) is 11.6 Å². The van der Waals surface area contributed by atoms with Gasteiger partial charge in [0.25, 0.3) is 0 Å². The molecule has 30 heavy (non-hydrogen) atoms. The van der Waals surface area contributed by atoms with Crippen LogP contribution in [0.5, 0.6) is 5.75 Å². The lowest BCUT2D eigenvalue weighted by Crippen LogP contribution is -2.40. The molecule has 3 aromatic rings. The zero-order chi connectivity index (χ0) is 20.9. The van der Waals surface area contributed by atoms with Crippen molar-refractivity contribution in [2.24, 2.45) is 0 Å². The number of halogens is 1. The van der Waals surface area contributed by atoms with Crippen LogP contribution < -0.4 is 4.74 Å². The fraction of sp³-hybridized carbons (Fsp3) is 0.280. The Kier molecular flexibility index (Phi) is 6.07. The summed E-state index contributed by atoms with van der Waals surface area (Å²) in [5, 5.41) is 0. The Bertz CT molecular complexity index is 1020. The molecule has 2 aromatic carbocycles. The van der Waals surface area contributed by atoms with Gasteiger partial charge in [-0.2, -0.15) is 0 Å². The average Bonchev–Trinajstić information content (AvgIpc) is 2.80. The van der Waals surface area contributed by atoms with E-state index in [0.717, 1.165) is 47.7 Å². The molecule has 1 atom stereocenters. The van der Waals surface area contributed by atoms with E-state index in [1.165, 1.54) is 12.1 Å². The number of aromatic nitrogens is 1. The second kappa shape index (κ2) is 9.08. The molecule has 0 spiro atoms. The highest BCUT2D eigenvalue weighted by Gasteiger charge is 2.26. The van der Waals surface area contributed by atoms with Crippen molar-refractivity contribution < 1.29 is 13.9 Å². The molecule has 0 aliphatic carbocycles. The van der Waals surface area contributed by atoms with E-state index in [0.29, 0.717) is 13.0 Å². The van der Waals surface area contributed by atoms with Crippen LogP contribution in [0.1, 0.15) is 30.0 Å². The zero-order valence-corrected chi connectivity index (χ0v) is 17.1. The summed E-state index contributed by atoms with van der Waals surface area (Å²) in [4.78, 5) is 19.6. The second-order valence-electron chi connectivity index (χ2n) is 7.63. The summed E-state index contributed by atoms with van der Waals surface area (Å²) in [5.41, 5.74) is 3.67. The van der Waals surface area contributed by atoms with Crippen molar-refractivity contribution in [1.82, 2.24) is 9.88 Å². The Morgan fingerprint density at radius 2 is 1.90 bits per heavy atom. The van der Waals surface area contributed by atoms with Crippen LogP contribution in [0.3, 0.4) is 0 Å². The Morgan fingerprint density at radius 3 is 2.70 bits per heavy atom. The van der Waals surface area contributed by atoms with Crippen molar-refractivity contribution in [3.8, 4) is 17.0 Å². The van der Waals surface area contributed by atoms with Crippen molar-refractivity contribution in [3.63, 3.8) is 0 Å². The lowest BCUT2D eigenvalue weighted by molar-refractivity contribution is -0.131. The maximum Gasteiger partial charge on any atom is 0.227 e. The number of hydrogen-bond donors (Lipinski definition) is 0. The van der Waals surface area contributed by atoms with Crippen LogP contribution in [0.2, 0.25) is 0 Å². The summed E-state index contributed by atoms with van der Waals surface area (Å²) in [6.45, 7) is 1.41. The third kappa shape index (κ3) is 4.51. The third-order valence-electron chi connectivity index (χ3n) is 5.61. The van der Waals surface area contributed by atoms with Crippen LogP contribution in [-0.4, -0.2) is 36.0 Å². The molecule has 0 saturated carbocycles. The Labute approximate surface area is 176 Å². The number of amides is 1. The predicted molar refractivity (Wildman–Crippen MR) is 115 cm³/mol. The first kappa shape index (κ1) is 20.1. The van der Waals surface area contributed by atoms with Gasteiger partial charge < -0.3 is 9.64 Å². The first-order valence-electron chi connectivity index (χ1n) is 10.3. The summed E-state index contributed by atoms with van der Waals surface area (Å²) in [7, 11) is 1.66. The van der Waals surface area contributed by atoms with E-state index in [4.69, 9.17) is 9.72 Å². The maximum atomic E-state index is 13.1. The Hall–Kier alpha value is -3.21. The van der Waals surface area contributed by atoms with E-state index in [-0.39, 0.29) is 17.6 Å². The number of carbonyl (C=O) groups is 1. The maximum absolute atomic E-state index is 13.1. The fourth-order valence-corrected chi connectivity index (χ4v) is 4.02. The molecule has 5 heteroatoms. The molecule has 0 unspecified atom stereocenters. The molecular formula is C25H25FN2O2. The molecule has 0 bridgehead atoms. The van der Waals surface area contributed by atoms with E-state index in [1.807, 2.05) is 47.4 Å². The number of likely N-dealkylation sites (tertiary alicyclic amines) is 1. The van der Waals surface area contributed by atoms with Gasteiger partial charge >= 0.3 is 0 Å². The summed E-state index contributed by atoms with van der Waals surface area (Å²) < 4.78 is 18.6. The van der Waals surface area contributed by atoms with E-state index in [2.05, 4.69) is 0 Å². The van der Waals surface area contributed by atoms with Gasteiger partial charge in [0.2, 0.25) is 5.91 Å². The molecule has 0 radical (unpaired) electrons. The lowest BCUT2D eigenvalue weighted by atomic mass is 9.93. The van der Waals surface area contributed by atoms with Gasteiger partial charge in [-0.05, 0) is 54.8 Å². The van der Waals surface area contributed by atoms with Crippen molar-refractivity contribution in [1.29, 1.82) is 0 Å². The molecule has 1 aromatic heterocycles. The molecule has 154 valence electrons. The summed E-state index contributed by atoms with van der Waals surface area (Å²) in [5.74, 6) is 0.782. The van der Waals surface area contributed by atoms with Crippen LogP contribution in [0, 0.1) is 5.82 Å². The van der Waals surface area contributed by atoms with Gasteiger partial charge in [-0.15, -0.1) is 0 Å². The van der Waals surface area contributed by atoms with Crippen molar-refractivity contribution in [2.75, 3.05) is 20.2 Å². The lowest BCUT2D eigenvalue weighted by Gasteiger charge is -2.33. The molecule has 1 saturated heterocycles. The molecular weight excluding hydrogens is 379 g/mol.